The fraction of sp³-hybridized carbons (Fsp3) is 0.400. The van der Waals surface area contributed by atoms with Crippen molar-refractivity contribution in [3.63, 3.8) is 0 Å². The van der Waals surface area contributed by atoms with E-state index in [4.69, 9.17) is 0 Å². The summed E-state index contributed by atoms with van der Waals surface area (Å²) in [6.45, 7) is 4.25. The van der Waals surface area contributed by atoms with Gasteiger partial charge in [-0.05, 0) is 29.4 Å². The molecule has 1 N–H and O–H groups in total. The molecule has 2 aromatic rings. The number of aliphatic hydroxyl groups is 1. The van der Waals surface area contributed by atoms with Crippen molar-refractivity contribution >= 4 is 10.8 Å². The zero-order chi connectivity index (χ0) is 12.3. The SMILES string of the molecule is CCCC(C)C(O)c1cccc2cnccc12. The zero-order valence-corrected chi connectivity index (χ0v) is 10.4. The Hall–Kier alpha value is -1.41. The van der Waals surface area contributed by atoms with Crippen LogP contribution in [0.25, 0.3) is 10.8 Å². The number of rotatable bonds is 4. The summed E-state index contributed by atoms with van der Waals surface area (Å²) in [7, 11) is 0. The first-order chi connectivity index (χ1) is 8.24. The third kappa shape index (κ3) is 2.47. The Morgan fingerprint density at radius 2 is 2.12 bits per heavy atom. The van der Waals surface area contributed by atoms with Crippen LogP contribution in [0.15, 0.2) is 36.7 Å². The van der Waals surface area contributed by atoms with E-state index in [1.807, 2.05) is 30.5 Å². The Labute approximate surface area is 102 Å². The van der Waals surface area contributed by atoms with Crippen LogP contribution in [0.2, 0.25) is 0 Å². The van der Waals surface area contributed by atoms with Gasteiger partial charge >= 0.3 is 0 Å². The smallest absolute Gasteiger partial charge is 0.0821 e. The van der Waals surface area contributed by atoms with E-state index in [9.17, 15) is 5.11 Å². The van der Waals surface area contributed by atoms with Gasteiger partial charge in [0.05, 0.1) is 6.10 Å². The van der Waals surface area contributed by atoms with Crippen LogP contribution in [0, 0.1) is 5.92 Å². The molecule has 1 aromatic heterocycles. The third-order valence-electron chi connectivity index (χ3n) is 3.32. The van der Waals surface area contributed by atoms with Crippen LogP contribution in [-0.2, 0) is 0 Å². The highest BCUT2D eigenvalue weighted by Gasteiger charge is 2.17. The predicted molar refractivity (Wildman–Crippen MR) is 70.8 cm³/mol. The summed E-state index contributed by atoms with van der Waals surface area (Å²) >= 11 is 0. The van der Waals surface area contributed by atoms with Gasteiger partial charge in [-0.25, -0.2) is 0 Å². The quantitative estimate of drug-likeness (QED) is 0.867. The summed E-state index contributed by atoms with van der Waals surface area (Å²) in [5, 5.41) is 12.6. The van der Waals surface area contributed by atoms with Gasteiger partial charge in [-0.2, -0.15) is 0 Å². The van der Waals surface area contributed by atoms with E-state index in [2.05, 4.69) is 18.8 Å². The van der Waals surface area contributed by atoms with Crippen molar-refractivity contribution in [2.45, 2.75) is 32.8 Å². The van der Waals surface area contributed by atoms with Crippen molar-refractivity contribution in [3.05, 3.63) is 42.2 Å². The predicted octanol–water partition coefficient (Wildman–Crippen LogP) is 3.70. The first-order valence-electron chi connectivity index (χ1n) is 6.24. The molecule has 1 heterocycles. The molecule has 0 aliphatic heterocycles. The molecule has 1 aromatic carbocycles. The molecule has 0 aliphatic rings. The molecule has 90 valence electrons. The second kappa shape index (κ2) is 5.28. The molecule has 0 saturated heterocycles. The normalized spacial score (nSPS) is 14.8. The van der Waals surface area contributed by atoms with Crippen LogP contribution in [0.1, 0.15) is 38.4 Å². The summed E-state index contributed by atoms with van der Waals surface area (Å²) in [4.78, 5) is 4.11. The van der Waals surface area contributed by atoms with Crippen molar-refractivity contribution in [3.8, 4) is 0 Å². The van der Waals surface area contributed by atoms with E-state index in [1.54, 1.807) is 6.20 Å². The van der Waals surface area contributed by atoms with E-state index < -0.39 is 0 Å². The first kappa shape index (κ1) is 12.1. The second-order valence-corrected chi connectivity index (χ2v) is 4.65. The molecule has 2 nitrogen and oxygen atoms in total. The van der Waals surface area contributed by atoms with Crippen LogP contribution >= 0.6 is 0 Å². The summed E-state index contributed by atoms with van der Waals surface area (Å²) in [6.07, 6.45) is 5.38. The molecule has 0 amide bonds. The molecule has 0 saturated carbocycles. The van der Waals surface area contributed by atoms with Crippen molar-refractivity contribution in [2.75, 3.05) is 0 Å². The van der Waals surface area contributed by atoms with E-state index in [-0.39, 0.29) is 6.10 Å². The summed E-state index contributed by atoms with van der Waals surface area (Å²) in [5.74, 6) is 0.291. The fourth-order valence-corrected chi connectivity index (χ4v) is 2.33. The van der Waals surface area contributed by atoms with Crippen LogP contribution < -0.4 is 0 Å². The number of pyridine rings is 1. The third-order valence-corrected chi connectivity index (χ3v) is 3.32. The maximum absolute atomic E-state index is 10.4. The minimum Gasteiger partial charge on any atom is -0.388 e. The van der Waals surface area contributed by atoms with Gasteiger partial charge in [0.1, 0.15) is 0 Å². The lowest BCUT2D eigenvalue weighted by molar-refractivity contribution is 0.114. The average molecular weight is 229 g/mol. The molecule has 0 radical (unpaired) electrons. The number of aliphatic hydroxyl groups excluding tert-OH is 1. The molecule has 0 fully saturated rings. The Morgan fingerprint density at radius 3 is 2.88 bits per heavy atom. The number of fused-ring (bicyclic) bond motifs is 1. The molecular weight excluding hydrogens is 210 g/mol. The van der Waals surface area contributed by atoms with Crippen LogP contribution in [0.4, 0.5) is 0 Å². The van der Waals surface area contributed by atoms with Crippen LogP contribution in [-0.4, -0.2) is 10.1 Å². The van der Waals surface area contributed by atoms with Gasteiger partial charge in [0.15, 0.2) is 0 Å². The Morgan fingerprint density at radius 1 is 1.29 bits per heavy atom. The number of benzene rings is 1. The lowest BCUT2D eigenvalue weighted by Gasteiger charge is -2.20. The van der Waals surface area contributed by atoms with Gasteiger partial charge in [0.25, 0.3) is 0 Å². The van der Waals surface area contributed by atoms with Gasteiger partial charge in [-0.15, -0.1) is 0 Å². The standard InChI is InChI=1S/C15H19NO/c1-3-5-11(2)15(17)14-7-4-6-12-10-16-9-8-13(12)14/h4,6-11,15,17H,3,5H2,1-2H3. The van der Waals surface area contributed by atoms with Crippen molar-refractivity contribution < 1.29 is 5.11 Å². The second-order valence-electron chi connectivity index (χ2n) is 4.65. The van der Waals surface area contributed by atoms with E-state index in [0.29, 0.717) is 5.92 Å². The monoisotopic (exact) mass is 229 g/mol. The summed E-state index contributed by atoms with van der Waals surface area (Å²) in [6, 6.07) is 8.01. The molecule has 17 heavy (non-hydrogen) atoms. The number of aromatic nitrogens is 1. The lowest BCUT2D eigenvalue weighted by atomic mass is 9.91. The molecule has 2 rings (SSSR count). The van der Waals surface area contributed by atoms with E-state index in [0.717, 1.165) is 29.2 Å². The summed E-state index contributed by atoms with van der Waals surface area (Å²) < 4.78 is 0. The number of hydrogen-bond acceptors (Lipinski definition) is 2. The fourth-order valence-electron chi connectivity index (χ4n) is 2.33. The largest absolute Gasteiger partial charge is 0.388 e. The van der Waals surface area contributed by atoms with Gasteiger partial charge < -0.3 is 5.11 Å². The van der Waals surface area contributed by atoms with E-state index in [1.165, 1.54) is 0 Å². The minimum absolute atomic E-state index is 0.291. The molecular formula is C15H19NO. The van der Waals surface area contributed by atoms with Gasteiger partial charge in [0, 0.05) is 17.8 Å². The van der Waals surface area contributed by atoms with Crippen molar-refractivity contribution in [1.29, 1.82) is 0 Å². The maximum atomic E-state index is 10.4. The number of hydrogen-bond donors (Lipinski definition) is 1. The minimum atomic E-state index is -0.388. The van der Waals surface area contributed by atoms with Crippen molar-refractivity contribution in [2.24, 2.45) is 5.92 Å². The molecule has 0 spiro atoms. The first-order valence-corrected chi connectivity index (χ1v) is 6.24. The molecule has 2 unspecified atom stereocenters. The molecule has 0 aliphatic carbocycles. The Bertz CT molecular complexity index is 490. The lowest BCUT2D eigenvalue weighted by Crippen LogP contribution is -2.09. The Balaban J connectivity index is 2.41. The maximum Gasteiger partial charge on any atom is 0.0821 e. The highest BCUT2D eigenvalue weighted by molar-refractivity contribution is 5.85. The van der Waals surface area contributed by atoms with Gasteiger partial charge in [-0.3, -0.25) is 4.98 Å². The summed E-state index contributed by atoms with van der Waals surface area (Å²) in [5.41, 5.74) is 1.02. The highest BCUT2D eigenvalue weighted by atomic mass is 16.3. The van der Waals surface area contributed by atoms with E-state index >= 15 is 0 Å². The van der Waals surface area contributed by atoms with Crippen LogP contribution in [0.5, 0.6) is 0 Å². The van der Waals surface area contributed by atoms with Gasteiger partial charge in [-0.1, -0.05) is 38.5 Å². The van der Waals surface area contributed by atoms with Crippen molar-refractivity contribution in [1.82, 2.24) is 4.98 Å². The Kier molecular flexibility index (Phi) is 3.75. The number of nitrogens with zero attached hydrogens (tertiary/aromatic N) is 1. The molecule has 2 heteroatoms. The molecule has 0 bridgehead atoms. The average Bonchev–Trinajstić information content (AvgIpc) is 2.37. The topological polar surface area (TPSA) is 33.1 Å². The highest BCUT2D eigenvalue weighted by Crippen LogP contribution is 2.30. The van der Waals surface area contributed by atoms with Gasteiger partial charge in [0.2, 0.25) is 0 Å². The van der Waals surface area contributed by atoms with Crippen LogP contribution in [0.3, 0.4) is 0 Å². The molecule has 2 atom stereocenters. The zero-order valence-electron chi connectivity index (χ0n) is 10.4.